The van der Waals surface area contributed by atoms with E-state index >= 15 is 0 Å². The first-order valence-electron chi connectivity index (χ1n) is 6.07. The Labute approximate surface area is 127 Å². The summed E-state index contributed by atoms with van der Waals surface area (Å²) in [6.07, 6.45) is 4.33. The van der Waals surface area contributed by atoms with Gasteiger partial charge in [-0.05, 0) is 40.6 Å². The maximum absolute atomic E-state index is 13.5. The monoisotopic (exact) mass is 355 g/mol. The summed E-state index contributed by atoms with van der Waals surface area (Å²) < 4.78 is 18.3. The number of halogens is 2. The predicted molar refractivity (Wildman–Crippen MR) is 79.4 cm³/mol. The van der Waals surface area contributed by atoms with E-state index in [9.17, 15) is 4.39 Å². The second kappa shape index (κ2) is 5.45. The summed E-state index contributed by atoms with van der Waals surface area (Å²) in [6, 6.07) is 3.19. The number of nitrogens with one attached hydrogen (secondary N) is 1. The highest BCUT2D eigenvalue weighted by Gasteiger charge is 2.08. The first kappa shape index (κ1) is 13.4. The molecule has 0 saturated heterocycles. The highest BCUT2D eigenvalue weighted by Crippen LogP contribution is 2.23. The van der Waals surface area contributed by atoms with E-state index in [1.165, 1.54) is 6.07 Å². The Kier molecular flexibility index (Phi) is 3.66. The molecule has 1 aromatic carbocycles. The number of aromatic amines is 1. The highest BCUT2D eigenvalue weighted by molar-refractivity contribution is 9.10. The Morgan fingerprint density at radius 1 is 1.35 bits per heavy atom. The maximum Gasteiger partial charge on any atom is 0.178 e. The fourth-order valence-corrected chi connectivity index (χ4v) is 2.75. The smallest absolute Gasteiger partial charge is 0.178 e. The van der Waals surface area contributed by atoms with Crippen LogP contribution in [-0.2, 0) is 13.1 Å². The van der Waals surface area contributed by atoms with E-state index in [2.05, 4.69) is 31.2 Å². The molecule has 2 heterocycles. The van der Waals surface area contributed by atoms with Gasteiger partial charge in [0.2, 0.25) is 0 Å². The summed E-state index contributed by atoms with van der Waals surface area (Å²) in [4.78, 5) is 3.02. The van der Waals surface area contributed by atoms with Crippen molar-refractivity contribution in [1.82, 2.24) is 24.5 Å². The normalized spacial score (nSPS) is 11.3. The van der Waals surface area contributed by atoms with Gasteiger partial charge in [0.15, 0.2) is 4.77 Å². The third-order valence-electron chi connectivity index (χ3n) is 3.06. The van der Waals surface area contributed by atoms with E-state index in [-0.39, 0.29) is 5.82 Å². The van der Waals surface area contributed by atoms with Crippen molar-refractivity contribution in [2.45, 2.75) is 19.5 Å². The number of nitrogens with zero attached hydrogens (tertiary/aromatic N) is 4. The Morgan fingerprint density at radius 2 is 2.20 bits per heavy atom. The number of aromatic nitrogens is 5. The van der Waals surface area contributed by atoms with Gasteiger partial charge in [-0.1, -0.05) is 5.21 Å². The molecule has 0 saturated carbocycles. The second-order valence-electron chi connectivity index (χ2n) is 4.38. The zero-order valence-electron chi connectivity index (χ0n) is 10.4. The van der Waals surface area contributed by atoms with Crippen LogP contribution in [0.2, 0.25) is 0 Å². The zero-order valence-corrected chi connectivity index (χ0v) is 12.8. The first-order chi connectivity index (χ1) is 9.65. The van der Waals surface area contributed by atoms with Gasteiger partial charge < -0.3 is 9.55 Å². The molecule has 0 bridgehead atoms. The standard InChI is InChI=1S/C12H11BrFN5S/c13-8-6-11-10(7-9(8)14)16-12(20)19(11)4-1-3-18-5-2-15-17-18/h2,5-7H,1,3-4H2,(H,16,20). The van der Waals surface area contributed by atoms with Crippen LogP contribution in [0.3, 0.4) is 0 Å². The molecule has 8 heteroatoms. The molecule has 0 spiro atoms. The molecule has 0 fully saturated rings. The maximum atomic E-state index is 13.5. The molecule has 0 aliphatic heterocycles. The number of H-pyrrole nitrogens is 1. The van der Waals surface area contributed by atoms with Crippen molar-refractivity contribution in [3.05, 3.63) is 39.6 Å². The number of aryl methyl sites for hydroxylation is 2. The van der Waals surface area contributed by atoms with E-state index in [0.29, 0.717) is 14.8 Å². The van der Waals surface area contributed by atoms with Crippen LogP contribution in [-0.4, -0.2) is 24.5 Å². The van der Waals surface area contributed by atoms with Crippen LogP contribution in [0.5, 0.6) is 0 Å². The lowest BCUT2D eigenvalue weighted by molar-refractivity contribution is 0.517. The third kappa shape index (κ3) is 2.53. The fraction of sp³-hybridized carbons (Fsp3) is 0.250. The van der Waals surface area contributed by atoms with Gasteiger partial charge in [0, 0.05) is 25.4 Å². The van der Waals surface area contributed by atoms with Crippen molar-refractivity contribution >= 4 is 39.2 Å². The van der Waals surface area contributed by atoms with Crippen LogP contribution in [0, 0.1) is 10.6 Å². The average Bonchev–Trinajstić information content (AvgIpc) is 3.01. The van der Waals surface area contributed by atoms with E-state index in [1.54, 1.807) is 16.9 Å². The summed E-state index contributed by atoms with van der Waals surface area (Å²) in [5.41, 5.74) is 1.60. The first-order valence-corrected chi connectivity index (χ1v) is 7.27. The van der Waals surface area contributed by atoms with Crippen molar-refractivity contribution in [1.29, 1.82) is 0 Å². The van der Waals surface area contributed by atoms with Crippen LogP contribution in [0.15, 0.2) is 29.0 Å². The average molecular weight is 356 g/mol. The van der Waals surface area contributed by atoms with Crippen molar-refractivity contribution < 1.29 is 4.39 Å². The quantitative estimate of drug-likeness (QED) is 0.730. The molecular formula is C12H11BrFN5S. The number of hydrogen-bond acceptors (Lipinski definition) is 3. The van der Waals surface area contributed by atoms with Gasteiger partial charge in [-0.25, -0.2) is 4.39 Å². The Balaban J connectivity index is 1.85. The number of rotatable bonds is 4. The minimum atomic E-state index is -0.302. The summed E-state index contributed by atoms with van der Waals surface area (Å²) in [7, 11) is 0. The summed E-state index contributed by atoms with van der Waals surface area (Å²) >= 11 is 8.49. The number of hydrogen-bond donors (Lipinski definition) is 1. The van der Waals surface area contributed by atoms with Gasteiger partial charge in [0.05, 0.1) is 21.7 Å². The molecule has 0 radical (unpaired) electrons. The molecule has 3 aromatic rings. The largest absolute Gasteiger partial charge is 0.330 e. The molecule has 0 amide bonds. The van der Waals surface area contributed by atoms with Crippen LogP contribution in [0.1, 0.15) is 6.42 Å². The molecular weight excluding hydrogens is 345 g/mol. The molecule has 0 unspecified atom stereocenters. The predicted octanol–water partition coefficient (Wildman–Crippen LogP) is 3.28. The molecule has 0 atom stereocenters. The van der Waals surface area contributed by atoms with Gasteiger partial charge >= 0.3 is 0 Å². The molecule has 104 valence electrons. The molecule has 5 nitrogen and oxygen atoms in total. The van der Waals surface area contributed by atoms with Crippen LogP contribution >= 0.6 is 28.1 Å². The van der Waals surface area contributed by atoms with E-state index in [0.717, 1.165) is 25.0 Å². The van der Waals surface area contributed by atoms with Crippen molar-refractivity contribution in [3.63, 3.8) is 0 Å². The lowest BCUT2D eigenvalue weighted by Crippen LogP contribution is -2.05. The minimum Gasteiger partial charge on any atom is -0.330 e. The molecule has 0 aliphatic carbocycles. The summed E-state index contributed by atoms with van der Waals surface area (Å²) in [5.74, 6) is -0.302. The highest BCUT2D eigenvalue weighted by atomic mass is 79.9. The molecule has 3 rings (SSSR count). The summed E-state index contributed by atoms with van der Waals surface area (Å²) in [6.45, 7) is 1.49. The molecule has 2 aromatic heterocycles. The number of benzene rings is 1. The van der Waals surface area contributed by atoms with Crippen LogP contribution in [0.4, 0.5) is 4.39 Å². The van der Waals surface area contributed by atoms with Gasteiger partial charge in [-0.2, -0.15) is 0 Å². The molecule has 0 aliphatic rings. The number of fused-ring (bicyclic) bond motifs is 1. The van der Waals surface area contributed by atoms with Crippen molar-refractivity contribution in [2.24, 2.45) is 0 Å². The zero-order chi connectivity index (χ0) is 14.1. The van der Waals surface area contributed by atoms with Crippen LogP contribution in [0.25, 0.3) is 11.0 Å². The Bertz CT molecular complexity index is 792. The SMILES string of the molecule is Fc1cc2[nH]c(=S)n(CCCn3ccnn3)c2cc1Br. The van der Waals surface area contributed by atoms with Gasteiger partial charge in [0.1, 0.15) is 5.82 Å². The van der Waals surface area contributed by atoms with Gasteiger partial charge in [-0.3, -0.25) is 4.68 Å². The summed E-state index contributed by atoms with van der Waals surface area (Å²) in [5, 5.41) is 7.67. The van der Waals surface area contributed by atoms with Crippen LogP contribution < -0.4 is 0 Å². The third-order valence-corrected chi connectivity index (χ3v) is 3.99. The van der Waals surface area contributed by atoms with Gasteiger partial charge in [0.25, 0.3) is 0 Å². The lowest BCUT2D eigenvalue weighted by Gasteiger charge is -2.05. The van der Waals surface area contributed by atoms with Crippen molar-refractivity contribution in [3.8, 4) is 0 Å². The topological polar surface area (TPSA) is 51.4 Å². The second-order valence-corrected chi connectivity index (χ2v) is 5.63. The minimum absolute atomic E-state index is 0.302. The number of imidazole rings is 1. The van der Waals surface area contributed by atoms with E-state index in [4.69, 9.17) is 12.2 Å². The molecule has 20 heavy (non-hydrogen) atoms. The van der Waals surface area contributed by atoms with E-state index < -0.39 is 0 Å². The Morgan fingerprint density at radius 3 is 2.95 bits per heavy atom. The van der Waals surface area contributed by atoms with Crippen molar-refractivity contribution in [2.75, 3.05) is 0 Å². The Hall–Kier alpha value is -1.54. The molecule has 1 N–H and O–H groups in total. The lowest BCUT2D eigenvalue weighted by atomic mass is 10.3. The fourth-order valence-electron chi connectivity index (χ4n) is 2.12. The van der Waals surface area contributed by atoms with Gasteiger partial charge in [-0.15, -0.1) is 5.10 Å². The van der Waals surface area contributed by atoms with E-state index in [1.807, 2.05) is 10.8 Å².